The van der Waals surface area contributed by atoms with Crippen molar-refractivity contribution in [2.75, 3.05) is 0 Å². The van der Waals surface area contributed by atoms with Crippen LogP contribution < -0.4 is 4.74 Å². The van der Waals surface area contributed by atoms with Gasteiger partial charge in [-0.15, -0.1) is 0 Å². The van der Waals surface area contributed by atoms with Crippen LogP contribution in [0.4, 0.5) is 8.78 Å². The smallest absolute Gasteiger partial charge is 0.387 e. The Morgan fingerprint density at radius 3 is 2.61 bits per heavy atom. The van der Waals surface area contributed by atoms with Crippen LogP contribution in [0.5, 0.6) is 5.75 Å². The van der Waals surface area contributed by atoms with E-state index in [9.17, 15) is 19.0 Å². The highest BCUT2D eigenvalue weighted by Crippen LogP contribution is 2.78. The molecular formula is C28H34F2O3. The molecule has 1 aromatic carbocycles. The lowest BCUT2D eigenvalue weighted by Crippen LogP contribution is -2.39. The Kier molecular flexibility index (Phi) is 5.05. The van der Waals surface area contributed by atoms with Crippen LogP contribution in [0.1, 0.15) is 63.9 Å². The molecule has 8 unspecified atom stereocenters. The predicted octanol–water partition coefficient (Wildman–Crippen LogP) is 5.97. The number of allylic oxidation sites excluding steroid dienone is 1. The molecule has 0 heterocycles. The zero-order valence-corrected chi connectivity index (χ0v) is 19.2. The normalized spacial score (nSPS) is 44.9. The van der Waals surface area contributed by atoms with Gasteiger partial charge in [-0.3, -0.25) is 0 Å². The van der Waals surface area contributed by atoms with Crippen LogP contribution in [0.15, 0.2) is 41.5 Å². The van der Waals surface area contributed by atoms with E-state index in [4.69, 9.17) is 0 Å². The molecular weight excluding hydrogens is 422 g/mol. The van der Waals surface area contributed by atoms with Gasteiger partial charge in [0.2, 0.25) is 0 Å². The zero-order valence-electron chi connectivity index (χ0n) is 19.2. The van der Waals surface area contributed by atoms with Crippen LogP contribution in [-0.4, -0.2) is 29.0 Å². The Morgan fingerprint density at radius 1 is 1.06 bits per heavy atom. The number of rotatable bonds is 3. The third-order valence-electron chi connectivity index (χ3n) is 10.1. The Labute approximate surface area is 194 Å². The molecule has 6 rings (SSSR count). The lowest BCUT2D eigenvalue weighted by molar-refractivity contribution is -0.0498. The van der Waals surface area contributed by atoms with E-state index in [1.807, 2.05) is 0 Å². The number of benzene rings is 1. The molecule has 0 amide bonds. The summed E-state index contributed by atoms with van der Waals surface area (Å²) >= 11 is 0. The van der Waals surface area contributed by atoms with Crippen LogP contribution >= 0.6 is 0 Å². The summed E-state index contributed by atoms with van der Waals surface area (Å²) in [6, 6.07) is 6.70. The summed E-state index contributed by atoms with van der Waals surface area (Å²) in [5, 5.41) is 21.8. The first-order valence-electron chi connectivity index (χ1n) is 12.6. The number of halogens is 2. The van der Waals surface area contributed by atoms with E-state index in [0.29, 0.717) is 23.2 Å². The first-order valence-corrected chi connectivity index (χ1v) is 12.6. The van der Waals surface area contributed by atoms with Crippen LogP contribution in [0, 0.1) is 34.5 Å². The summed E-state index contributed by atoms with van der Waals surface area (Å²) in [7, 11) is 0. The molecule has 1 aromatic rings. The Morgan fingerprint density at radius 2 is 1.85 bits per heavy atom. The van der Waals surface area contributed by atoms with Gasteiger partial charge in [-0.1, -0.05) is 43.2 Å². The maximum atomic E-state index is 12.5. The van der Waals surface area contributed by atoms with E-state index in [1.165, 1.54) is 12.0 Å². The highest BCUT2D eigenvalue weighted by atomic mass is 19.3. The van der Waals surface area contributed by atoms with Gasteiger partial charge >= 0.3 is 6.61 Å². The van der Waals surface area contributed by atoms with Crippen molar-refractivity contribution in [3.8, 4) is 5.75 Å². The number of hydrogen-bond donors (Lipinski definition) is 2. The number of aliphatic hydroxyl groups excluding tert-OH is 2. The minimum atomic E-state index is -2.83. The molecule has 178 valence electrons. The van der Waals surface area contributed by atoms with Gasteiger partial charge < -0.3 is 14.9 Å². The molecule has 0 saturated heterocycles. The second-order valence-corrected chi connectivity index (χ2v) is 11.5. The topological polar surface area (TPSA) is 49.7 Å². The van der Waals surface area contributed by atoms with Gasteiger partial charge in [0, 0.05) is 5.41 Å². The van der Waals surface area contributed by atoms with Crippen molar-refractivity contribution < 1.29 is 23.7 Å². The van der Waals surface area contributed by atoms with Crippen molar-refractivity contribution in [3.05, 3.63) is 47.1 Å². The first-order chi connectivity index (χ1) is 15.8. The molecule has 33 heavy (non-hydrogen) atoms. The number of ether oxygens (including phenoxy) is 1. The minimum absolute atomic E-state index is 0.122. The average molecular weight is 457 g/mol. The van der Waals surface area contributed by atoms with Gasteiger partial charge in [-0.25, -0.2) is 0 Å². The molecule has 4 saturated carbocycles. The highest BCUT2D eigenvalue weighted by molar-refractivity contribution is 5.56. The minimum Gasteiger partial charge on any atom is -0.435 e. The molecule has 8 atom stereocenters. The van der Waals surface area contributed by atoms with Crippen molar-refractivity contribution in [1.29, 1.82) is 0 Å². The number of hydrogen-bond acceptors (Lipinski definition) is 3. The molecule has 2 N–H and O–H groups in total. The number of alkyl halides is 2. The van der Waals surface area contributed by atoms with E-state index in [2.05, 4.69) is 23.8 Å². The largest absolute Gasteiger partial charge is 0.435 e. The summed E-state index contributed by atoms with van der Waals surface area (Å²) in [5.41, 5.74) is 3.74. The molecule has 0 aromatic heterocycles. The molecule has 4 fully saturated rings. The summed E-state index contributed by atoms with van der Waals surface area (Å²) in [5.74, 6) is 2.69. The van der Waals surface area contributed by atoms with Crippen molar-refractivity contribution in [3.63, 3.8) is 0 Å². The second kappa shape index (κ2) is 7.64. The number of fused-ring (bicyclic) bond motifs is 2. The molecule has 5 aliphatic rings. The summed E-state index contributed by atoms with van der Waals surface area (Å²) in [6.45, 7) is -0.532. The standard InChI is InChI=1S/C28H34F2O3/c1-27-11-2-3-22-24-21(9-6-18-15-19(31)10-12-28(18,22)24)23(27)14-17(25(27)32)13-16-4-7-20(8-5-16)33-26(29)30/h4-8,13,19,21-26,31-32H,2-3,9-12,14-15H2,1H3/b17-13+. The van der Waals surface area contributed by atoms with Crippen LogP contribution in [0.25, 0.3) is 6.08 Å². The molecule has 1 spiro atoms. The van der Waals surface area contributed by atoms with E-state index in [1.54, 1.807) is 24.3 Å². The molecule has 0 aliphatic heterocycles. The summed E-state index contributed by atoms with van der Waals surface area (Å²) in [4.78, 5) is 0. The Hall–Kier alpha value is -1.72. The third-order valence-corrected chi connectivity index (χ3v) is 10.1. The van der Waals surface area contributed by atoms with E-state index >= 15 is 0 Å². The zero-order chi connectivity index (χ0) is 23.0. The van der Waals surface area contributed by atoms with E-state index in [0.717, 1.165) is 62.0 Å². The lowest BCUT2D eigenvalue weighted by Gasteiger charge is -2.43. The van der Waals surface area contributed by atoms with Crippen molar-refractivity contribution in [1.82, 2.24) is 0 Å². The fourth-order valence-corrected chi connectivity index (χ4v) is 8.69. The van der Waals surface area contributed by atoms with Gasteiger partial charge in [-0.2, -0.15) is 8.78 Å². The fraction of sp³-hybridized carbons (Fsp3) is 0.643. The Bertz CT molecular complexity index is 985. The van der Waals surface area contributed by atoms with E-state index < -0.39 is 12.7 Å². The average Bonchev–Trinajstić information content (AvgIpc) is 3.36. The third kappa shape index (κ3) is 3.25. The summed E-state index contributed by atoms with van der Waals surface area (Å²) < 4.78 is 29.4. The van der Waals surface area contributed by atoms with Crippen molar-refractivity contribution >= 4 is 6.08 Å². The summed E-state index contributed by atoms with van der Waals surface area (Å²) in [6.07, 6.45) is 12.2. The molecule has 0 bridgehead atoms. The van der Waals surface area contributed by atoms with Gasteiger partial charge in [0.1, 0.15) is 5.75 Å². The predicted molar refractivity (Wildman–Crippen MR) is 123 cm³/mol. The SMILES string of the molecule is CC12CCCC3C4C(CC=C5CC(O)CCC534)C1C/C(=C\c1ccc(OC(F)F)cc1)C2O. The second-order valence-electron chi connectivity index (χ2n) is 11.5. The molecule has 3 nitrogen and oxygen atoms in total. The maximum Gasteiger partial charge on any atom is 0.387 e. The monoisotopic (exact) mass is 456 g/mol. The molecule has 5 aliphatic carbocycles. The van der Waals surface area contributed by atoms with Gasteiger partial charge in [-0.05, 0) is 97.3 Å². The first kappa shape index (κ1) is 21.8. The number of aliphatic hydroxyl groups is 2. The quantitative estimate of drug-likeness (QED) is 0.551. The highest BCUT2D eigenvalue weighted by Gasteiger charge is 2.72. The van der Waals surface area contributed by atoms with Crippen LogP contribution in [0.2, 0.25) is 0 Å². The van der Waals surface area contributed by atoms with Gasteiger partial charge in [0.15, 0.2) is 0 Å². The van der Waals surface area contributed by atoms with Gasteiger partial charge in [0.05, 0.1) is 12.2 Å². The molecule has 0 radical (unpaired) electrons. The maximum absolute atomic E-state index is 12.5. The lowest BCUT2D eigenvalue weighted by atomic mass is 9.63. The van der Waals surface area contributed by atoms with Crippen LogP contribution in [0.3, 0.4) is 0 Å². The van der Waals surface area contributed by atoms with Crippen LogP contribution in [-0.2, 0) is 0 Å². The Balaban J connectivity index is 1.29. The van der Waals surface area contributed by atoms with E-state index in [-0.39, 0.29) is 17.3 Å². The van der Waals surface area contributed by atoms with Gasteiger partial charge in [0.25, 0.3) is 0 Å². The molecule has 5 heteroatoms. The van der Waals surface area contributed by atoms with Crippen molar-refractivity contribution in [2.45, 2.75) is 77.1 Å². The van der Waals surface area contributed by atoms with Crippen molar-refractivity contribution in [2.24, 2.45) is 34.5 Å². The fourth-order valence-electron chi connectivity index (χ4n) is 8.69.